The summed E-state index contributed by atoms with van der Waals surface area (Å²) in [5, 5.41) is 19.5. The van der Waals surface area contributed by atoms with Gasteiger partial charge in [-0.25, -0.2) is 4.79 Å². The van der Waals surface area contributed by atoms with Gasteiger partial charge in [-0.1, -0.05) is 0 Å². The summed E-state index contributed by atoms with van der Waals surface area (Å²) < 4.78 is 4.94. The summed E-state index contributed by atoms with van der Waals surface area (Å²) in [5.41, 5.74) is 6.01. The molecule has 1 amide bonds. The SMILES string of the molecule is NC(CCC(=O)O)C(=O)Nc1ccc(OCC(=O)O)cc1. The average molecular weight is 296 g/mol. The first-order chi connectivity index (χ1) is 9.88. The monoisotopic (exact) mass is 296 g/mol. The third-order valence-electron chi connectivity index (χ3n) is 2.49. The molecule has 21 heavy (non-hydrogen) atoms. The fraction of sp³-hybridized carbons (Fsp3) is 0.308. The van der Waals surface area contributed by atoms with Crippen molar-refractivity contribution in [2.24, 2.45) is 5.73 Å². The predicted octanol–water partition coefficient (Wildman–Crippen LogP) is 0.281. The third kappa shape index (κ3) is 6.39. The lowest BCUT2D eigenvalue weighted by Crippen LogP contribution is -2.36. The number of anilines is 1. The number of rotatable bonds is 8. The van der Waals surface area contributed by atoms with Crippen molar-refractivity contribution in [2.75, 3.05) is 11.9 Å². The lowest BCUT2D eigenvalue weighted by atomic mass is 10.1. The summed E-state index contributed by atoms with van der Waals surface area (Å²) in [6.07, 6.45) is -0.141. The molecule has 0 aromatic heterocycles. The number of aliphatic carboxylic acids is 2. The molecule has 1 aromatic rings. The van der Waals surface area contributed by atoms with Gasteiger partial charge in [0.15, 0.2) is 6.61 Å². The summed E-state index contributed by atoms with van der Waals surface area (Å²) in [5.74, 6) is -2.24. The minimum Gasteiger partial charge on any atom is -0.482 e. The molecule has 0 aliphatic rings. The van der Waals surface area contributed by atoms with Gasteiger partial charge >= 0.3 is 11.9 Å². The molecule has 0 aliphatic carbocycles. The predicted molar refractivity (Wildman–Crippen MR) is 73.0 cm³/mol. The van der Waals surface area contributed by atoms with Crippen LogP contribution in [0.25, 0.3) is 0 Å². The number of carbonyl (C=O) groups is 3. The number of nitrogens with two attached hydrogens (primary N) is 1. The largest absolute Gasteiger partial charge is 0.482 e. The van der Waals surface area contributed by atoms with Gasteiger partial charge in [-0.3, -0.25) is 9.59 Å². The van der Waals surface area contributed by atoms with Crippen LogP contribution in [0.1, 0.15) is 12.8 Å². The number of carboxylic acid groups (broad SMARTS) is 2. The molecule has 8 nitrogen and oxygen atoms in total. The number of amides is 1. The molecule has 0 fully saturated rings. The fourth-order valence-corrected chi connectivity index (χ4v) is 1.42. The summed E-state index contributed by atoms with van der Waals surface area (Å²) >= 11 is 0. The van der Waals surface area contributed by atoms with Crippen LogP contribution in [0, 0.1) is 0 Å². The molecule has 8 heteroatoms. The first kappa shape index (κ1) is 16.4. The number of nitrogens with one attached hydrogen (secondary N) is 1. The second kappa shape index (κ2) is 7.85. The van der Waals surface area contributed by atoms with E-state index in [0.29, 0.717) is 11.4 Å². The molecule has 5 N–H and O–H groups in total. The maximum absolute atomic E-state index is 11.7. The van der Waals surface area contributed by atoms with Crippen molar-refractivity contribution < 1.29 is 29.3 Å². The van der Waals surface area contributed by atoms with Crippen LogP contribution in [0.15, 0.2) is 24.3 Å². The van der Waals surface area contributed by atoms with Crippen LogP contribution in [-0.4, -0.2) is 40.7 Å². The molecule has 0 radical (unpaired) electrons. The number of hydrogen-bond donors (Lipinski definition) is 4. The number of carboxylic acids is 2. The zero-order chi connectivity index (χ0) is 15.8. The van der Waals surface area contributed by atoms with Gasteiger partial charge in [0.25, 0.3) is 0 Å². The van der Waals surface area contributed by atoms with Crippen molar-refractivity contribution in [1.29, 1.82) is 0 Å². The molecule has 0 saturated carbocycles. The van der Waals surface area contributed by atoms with E-state index in [1.54, 1.807) is 0 Å². The Bertz CT molecular complexity index is 514. The van der Waals surface area contributed by atoms with E-state index in [1.807, 2.05) is 0 Å². The van der Waals surface area contributed by atoms with Gasteiger partial charge in [0.2, 0.25) is 5.91 Å². The normalized spacial score (nSPS) is 11.5. The van der Waals surface area contributed by atoms with Gasteiger partial charge < -0.3 is 26.0 Å². The number of hydrogen-bond acceptors (Lipinski definition) is 5. The molecule has 1 aromatic carbocycles. The summed E-state index contributed by atoms with van der Waals surface area (Å²) in [6, 6.07) is 5.14. The number of ether oxygens (including phenoxy) is 1. The van der Waals surface area contributed by atoms with Gasteiger partial charge in [0, 0.05) is 12.1 Å². The van der Waals surface area contributed by atoms with Crippen LogP contribution < -0.4 is 15.8 Å². The fourth-order valence-electron chi connectivity index (χ4n) is 1.42. The van der Waals surface area contributed by atoms with Gasteiger partial charge in [0.1, 0.15) is 5.75 Å². The van der Waals surface area contributed by atoms with Crippen LogP contribution in [0.5, 0.6) is 5.75 Å². The van der Waals surface area contributed by atoms with E-state index in [0.717, 1.165) is 0 Å². The Labute approximate surface area is 120 Å². The summed E-state index contributed by atoms with van der Waals surface area (Å²) in [7, 11) is 0. The number of carbonyl (C=O) groups excluding carboxylic acids is 1. The smallest absolute Gasteiger partial charge is 0.341 e. The Kier molecular flexibility index (Phi) is 6.15. The molecule has 0 bridgehead atoms. The first-order valence-electron chi connectivity index (χ1n) is 6.11. The molecule has 0 heterocycles. The number of benzene rings is 1. The molecule has 0 spiro atoms. The molecule has 114 valence electrons. The zero-order valence-electron chi connectivity index (χ0n) is 11.1. The van der Waals surface area contributed by atoms with E-state index in [2.05, 4.69) is 5.32 Å². The minimum atomic E-state index is -1.09. The highest BCUT2D eigenvalue weighted by molar-refractivity contribution is 5.94. The van der Waals surface area contributed by atoms with Gasteiger partial charge in [-0.15, -0.1) is 0 Å². The van der Waals surface area contributed by atoms with Crippen molar-refractivity contribution >= 4 is 23.5 Å². The third-order valence-corrected chi connectivity index (χ3v) is 2.49. The Balaban J connectivity index is 2.49. The quantitative estimate of drug-likeness (QED) is 0.540. The van der Waals surface area contributed by atoms with Crippen LogP contribution in [0.2, 0.25) is 0 Å². The molecule has 1 atom stereocenters. The first-order valence-corrected chi connectivity index (χ1v) is 6.11. The lowest BCUT2D eigenvalue weighted by Gasteiger charge is -2.11. The van der Waals surface area contributed by atoms with E-state index in [4.69, 9.17) is 20.7 Å². The molecule has 0 aliphatic heterocycles. The zero-order valence-corrected chi connectivity index (χ0v) is 11.1. The highest BCUT2D eigenvalue weighted by atomic mass is 16.5. The van der Waals surface area contributed by atoms with Crippen molar-refractivity contribution in [2.45, 2.75) is 18.9 Å². The maximum atomic E-state index is 11.7. The van der Waals surface area contributed by atoms with E-state index in [-0.39, 0.29) is 12.8 Å². The Morgan fingerprint density at radius 1 is 1.14 bits per heavy atom. The Morgan fingerprint density at radius 2 is 1.76 bits per heavy atom. The molecule has 0 saturated heterocycles. The Morgan fingerprint density at radius 3 is 2.29 bits per heavy atom. The van der Waals surface area contributed by atoms with E-state index in [9.17, 15) is 14.4 Å². The van der Waals surface area contributed by atoms with E-state index >= 15 is 0 Å². The van der Waals surface area contributed by atoms with Crippen LogP contribution >= 0.6 is 0 Å². The van der Waals surface area contributed by atoms with E-state index < -0.39 is 30.5 Å². The minimum absolute atomic E-state index is 0.0426. The molecule has 1 rings (SSSR count). The van der Waals surface area contributed by atoms with Crippen molar-refractivity contribution in [3.8, 4) is 5.75 Å². The Hall–Kier alpha value is -2.61. The van der Waals surface area contributed by atoms with Gasteiger partial charge in [-0.05, 0) is 30.7 Å². The topological polar surface area (TPSA) is 139 Å². The van der Waals surface area contributed by atoms with Crippen LogP contribution in [-0.2, 0) is 14.4 Å². The molecular weight excluding hydrogens is 280 g/mol. The van der Waals surface area contributed by atoms with Gasteiger partial charge in [0.05, 0.1) is 6.04 Å². The van der Waals surface area contributed by atoms with Gasteiger partial charge in [-0.2, -0.15) is 0 Å². The summed E-state index contributed by atoms with van der Waals surface area (Å²) in [4.78, 5) is 32.4. The average Bonchev–Trinajstić information content (AvgIpc) is 2.43. The van der Waals surface area contributed by atoms with Crippen molar-refractivity contribution in [1.82, 2.24) is 0 Å². The standard InChI is InChI=1S/C13H16N2O6/c14-10(5-6-11(16)17)13(20)15-8-1-3-9(4-2-8)21-7-12(18)19/h1-4,10H,5-7,14H2,(H,15,20)(H,16,17)(H,18,19). The van der Waals surface area contributed by atoms with Crippen LogP contribution in [0.3, 0.4) is 0 Å². The highest BCUT2D eigenvalue weighted by Gasteiger charge is 2.15. The van der Waals surface area contributed by atoms with Crippen molar-refractivity contribution in [3.63, 3.8) is 0 Å². The van der Waals surface area contributed by atoms with E-state index in [1.165, 1.54) is 24.3 Å². The highest BCUT2D eigenvalue weighted by Crippen LogP contribution is 2.16. The maximum Gasteiger partial charge on any atom is 0.341 e. The molecular formula is C13H16N2O6. The summed E-state index contributed by atoms with van der Waals surface area (Å²) in [6.45, 7) is -0.453. The second-order valence-corrected chi connectivity index (χ2v) is 4.23. The molecule has 1 unspecified atom stereocenters. The van der Waals surface area contributed by atoms with Crippen molar-refractivity contribution in [3.05, 3.63) is 24.3 Å². The lowest BCUT2D eigenvalue weighted by molar-refractivity contribution is -0.139. The second-order valence-electron chi connectivity index (χ2n) is 4.23. The van der Waals surface area contributed by atoms with Crippen LogP contribution in [0.4, 0.5) is 5.69 Å².